The molecular formula is C15H20O5. The van der Waals surface area contributed by atoms with Gasteiger partial charge in [-0.2, -0.15) is 0 Å². The van der Waals surface area contributed by atoms with Crippen molar-refractivity contribution in [1.82, 2.24) is 0 Å². The molecule has 20 heavy (non-hydrogen) atoms. The first-order valence-corrected chi connectivity index (χ1v) is 6.74. The first kappa shape index (κ1) is 16.0. The Labute approximate surface area is 118 Å². The normalized spacial score (nSPS) is 11.1. The molecule has 1 aromatic rings. The summed E-state index contributed by atoms with van der Waals surface area (Å²) in [4.78, 5) is 22.9. The van der Waals surface area contributed by atoms with Gasteiger partial charge in [-0.15, -0.1) is 0 Å². The van der Waals surface area contributed by atoms with Crippen LogP contribution < -0.4 is 4.74 Å². The smallest absolute Gasteiger partial charge is 0.360 e. The van der Waals surface area contributed by atoms with Crippen LogP contribution >= 0.6 is 0 Å². The number of carboxylic acids is 2. The Kier molecular flexibility index (Phi) is 6.03. The van der Waals surface area contributed by atoms with E-state index in [4.69, 9.17) is 4.74 Å². The minimum absolute atomic E-state index is 0.0490. The van der Waals surface area contributed by atoms with Crippen LogP contribution in [0.1, 0.15) is 39.0 Å². The highest BCUT2D eigenvalue weighted by atomic mass is 16.6. The number of hydrogen-bond acceptors (Lipinski definition) is 3. The van der Waals surface area contributed by atoms with Gasteiger partial charge in [0.1, 0.15) is 5.75 Å². The second-order valence-electron chi connectivity index (χ2n) is 4.66. The number of rotatable bonds is 9. The highest BCUT2D eigenvalue weighted by molar-refractivity contribution is 6.02. The van der Waals surface area contributed by atoms with Gasteiger partial charge >= 0.3 is 17.5 Å². The molecule has 1 rings (SSSR count). The second-order valence-corrected chi connectivity index (χ2v) is 4.66. The summed E-state index contributed by atoms with van der Waals surface area (Å²) < 4.78 is 5.31. The predicted molar refractivity (Wildman–Crippen MR) is 73.8 cm³/mol. The van der Waals surface area contributed by atoms with Crippen molar-refractivity contribution >= 4 is 11.9 Å². The van der Waals surface area contributed by atoms with Gasteiger partial charge in [0, 0.05) is 6.42 Å². The number of ether oxygens (including phenoxy) is 1. The molecule has 0 heterocycles. The number of benzene rings is 1. The summed E-state index contributed by atoms with van der Waals surface area (Å²) in [6.45, 7) is 2.03. The van der Waals surface area contributed by atoms with Gasteiger partial charge in [0.2, 0.25) is 0 Å². The highest BCUT2D eigenvalue weighted by Gasteiger charge is 2.49. The average molecular weight is 280 g/mol. The zero-order valence-corrected chi connectivity index (χ0v) is 11.5. The van der Waals surface area contributed by atoms with Crippen LogP contribution in [-0.4, -0.2) is 27.8 Å². The molecular weight excluding hydrogens is 260 g/mol. The summed E-state index contributed by atoms with van der Waals surface area (Å²) in [6.07, 6.45) is 3.18. The molecule has 0 radical (unpaired) electrons. The van der Waals surface area contributed by atoms with Gasteiger partial charge < -0.3 is 14.9 Å². The molecule has 0 aliphatic heterocycles. The van der Waals surface area contributed by atoms with Gasteiger partial charge in [-0.3, -0.25) is 0 Å². The molecule has 0 atom stereocenters. The molecule has 0 saturated heterocycles. The Hall–Kier alpha value is -2.04. The molecule has 0 unspecified atom stereocenters. The third-order valence-electron chi connectivity index (χ3n) is 3.11. The lowest BCUT2D eigenvalue weighted by Gasteiger charge is -2.26. The molecule has 1 aromatic carbocycles. The predicted octanol–water partition coefficient (Wildman–Crippen LogP) is 2.94. The van der Waals surface area contributed by atoms with E-state index in [9.17, 15) is 19.8 Å². The fraction of sp³-hybridized carbons (Fsp3) is 0.467. The first-order chi connectivity index (χ1) is 9.53. The van der Waals surface area contributed by atoms with E-state index in [1.165, 1.54) is 0 Å². The Balaban J connectivity index is 2.88. The maximum Gasteiger partial charge on any atom is 0.360 e. The number of para-hydroxylation sites is 1. The van der Waals surface area contributed by atoms with Gasteiger partial charge in [0.15, 0.2) is 0 Å². The fourth-order valence-electron chi connectivity index (χ4n) is 1.93. The van der Waals surface area contributed by atoms with Crippen LogP contribution in [0.4, 0.5) is 0 Å². The van der Waals surface area contributed by atoms with Crippen LogP contribution in [0.5, 0.6) is 5.75 Å². The highest BCUT2D eigenvalue weighted by Crippen LogP contribution is 2.25. The SMILES string of the molecule is CCCCCCC(Oc1ccccc1)(C(=O)O)C(=O)O. The largest absolute Gasteiger partial charge is 0.478 e. The van der Waals surface area contributed by atoms with Crippen LogP contribution in [0, 0.1) is 0 Å². The zero-order valence-electron chi connectivity index (χ0n) is 11.5. The van der Waals surface area contributed by atoms with Crippen molar-refractivity contribution in [1.29, 1.82) is 0 Å². The van der Waals surface area contributed by atoms with Crippen molar-refractivity contribution < 1.29 is 24.5 Å². The van der Waals surface area contributed by atoms with Crippen LogP contribution in [0.25, 0.3) is 0 Å². The summed E-state index contributed by atoms with van der Waals surface area (Å²) in [6, 6.07) is 8.18. The van der Waals surface area contributed by atoms with Crippen LogP contribution in [-0.2, 0) is 9.59 Å². The summed E-state index contributed by atoms with van der Waals surface area (Å²) in [5, 5.41) is 18.6. The number of aliphatic carboxylic acids is 2. The zero-order chi connectivity index (χ0) is 15.0. The van der Waals surface area contributed by atoms with Crippen molar-refractivity contribution in [3.8, 4) is 5.75 Å². The summed E-state index contributed by atoms with van der Waals surface area (Å²) >= 11 is 0. The lowest BCUT2D eigenvalue weighted by molar-refractivity contribution is -0.173. The van der Waals surface area contributed by atoms with Crippen molar-refractivity contribution in [3.63, 3.8) is 0 Å². The monoisotopic (exact) mass is 280 g/mol. The number of unbranched alkanes of at least 4 members (excludes halogenated alkanes) is 3. The second kappa shape index (κ2) is 7.53. The van der Waals surface area contributed by atoms with Gasteiger partial charge in [-0.25, -0.2) is 9.59 Å². The molecule has 2 N–H and O–H groups in total. The first-order valence-electron chi connectivity index (χ1n) is 6.74. The molecule has 0 aliphatic carbocycles. The van der Waals surface area contributed by atoms with E-state index in [1.54, 1.807) is 30.3 Å². The van der Waals surface area contributed by atoms with Crippen LogP contribution in [0.3, 0.4) is 0 Å². The van der Waals surface area contributed by atoms with E-state index in [-0.39, 0.29) is 12.2 Å². The summed E-state index contributed by atoms with van der Waals surface area (Å²) in [5.74, 6) is -2.69. The van der Waals surface area contributed by atoms with E-state index >= 15 is 0 Å². The van der Waals surface area contributed by atoms with Gasteiger partial charge in [0.05, 0.1) is 0 Å². The molecule has 0 bridgehead atoms. The average Bonchev–Trinajstić information content (AvgIpc) is 2.42. The minimum Gasteiger partial charge on any atom is -0.478 e. The van der Waals surface area contributed by atoms with E-state index in [2.05, 4.69) is 0 Å². The standard InChI is InChI=1S/C15H20O5/c1-2-3-4-8-11-15(13(16)17,14(18)19)20-12-9-6-5-7-10-12/h5-7,9-10H,2-4,8,11H2,1H3,(H,16,17)(H,18,19). The van der Waals surface area contributed by atoms with Crippen LogP contribution in [0.15, 0.2) is 30.3 Å². The van der Waals surface area contributed by atoms with E-state index in [0.29, 0.717) is 6.42 Å². The minimum atomic E-state index is -2.21. The number of hydrogen-bond donors (Lipinski definition) is 2. The third-order valence-corrected chi connectivity index (χ3v) is 3.11. The quantitative estimate of drug-likeness (QED) is 0.536. The van der Waals surface area contributed by atoms with Gasteiger partial charge in [0.25, 0.3) is 0 Å². The van der Waals surface area contributed by atoms with E-state index in [1.807, 2.05) is 6.92 Å². The van der Waals surface area contributed by atoms with E-state index in [0.717, 1.165) is 19.3 Å². The summed E-state index contributed by atoms with van der Waals surface area (Å²) in [7, 11) is 0. The van der Waals surface area contributed by atoms with Crippen molar-refractivity contribution in [2.75, 3.05) is 0 Å². The third kappa shape index (κ3) is 3.98. The maximum atomic E-state index is 11.4. The lowest BCUT2D eigenvalue weighted by Crippen LogP contribution is -2.51. The van der Waals surface area contributed by atoms with Gasteiger partial charge in [-0.1, -0.05) is 44.4 Å². The summed E-state index contributed by atoms with van der Waals surface area (Å²) in [5.41, 5.74) is -2.21. The number of carboxylic acid groups (broad SMARTS) is 2. The van der Waals surface area contributed by atoms with Crippen molar-refractivity contribution in [2.24, 2.45) is 0 Å². The topological polar surface area (TPSA) is 83.8 Å². The van der Waals surface area contributed by atoms with Gasteiger partial charge in [-0.05, 0) is 18.6 Å². The Morgan fingerprint density at radius 3 is 2.15 bits per heavy atom. The Bertz CT molecular complexity index is 427. The molecule has 110 valence electrons. The van der Waals surface area contributed by atoms with Crippen molar-refractivity contribution in [3.05, 3.63) is 30.3 Å². The Morgan fingerprint density at radius 1 is 1.05 bits per heavy atom. The number of carbonyl (C=O) groups is 2. The lowest BCUT2D eigenvalue weighted by atomic mass is 9.95. The molecule has 0 saturated carbocycles. The van der Waals surface area contributed by atoms with Crippen LogP contribution in [0.2, 0.25) is 0 Å². The molecule has 0 fully saturated rings. The molecule has 0 spiro atoms. The maximum absolute atomic E-state index is 11.4. The fourth-order valence-corrected chi connectivity index (χ4v) is 1.93. The Morgan fingerprint density at radius 2 is 1.65 bits per heavy atom. The molecule has 0 amide bonds. The van der Waals surface area contributed by atoms with E-state index < -0.39 is 17.5 Å². The molecule has 5 heteroatoms. The van der Waals surface area contributed by atoms with Crippen molar-refractivity contribution in [2.45, 2.75) is 44.6 Å². The molecule has 0 aromatic heterocycles. The molecule has 0 aliphatic rings. The molecule has 5 nitrogen and oxygen atoms in total.